The molecular weight excluding hydrogens is 394 g/mol. The minimum absolute atomic E-state index is 0.194. The van der Waals surface area contributed by atoms with E-state index in [1.54, 1.807) is 19.2 Å². The number of hydrogen-bond acceptors (Lipinski definition) is 5. The first-order valence-corrected chi connectivity index (χ1v) is 9.83. The minimum atomic E-state index is -0.216. The Morgan fingerprint density at radius 1 is 1.07 bits per heavy atom. The van der Waals surface area contributed by atoms with Gasteiger partial charge < -0.3 is 24.3 Å². The molecule has 0 aromatic heterocycles. The molecule has 1 amide bonds. The van der Waals surface area contributed by atoms with Crippen molar-refractivity contribution in [3.8, 4) is 17.2 Å². The summed E-state index contributed by atoms with van der Waals surface area (Å²) >= 11 is 6.24. The Bertz CT molecular complexity index is 847. The second-order valence-corrected chi connectivity index (χ2v) is 7.40. The van der Waals surface area contributed by atoms with Crippen molar-refractivity contribution >= 4 is 17.5 Å². The molecular formula is C22H26ClNO5. The Morgan fingerprint density at radius 2 is 1.76 bits per heavy atom. The third-order valence-electron chi connectivity index (χ3n) is 5.44. The predicted molar refractivity (Wildman–Crippen MR) is 112 cm³/mol. The SMILES string of the molecule is COc1ccc(C2(CNC(=O)c3cc(Cl)c(OC)c(OC)c3)CCOCC2)cc1. The maximum Gasteiger partial charge on any atom is 0.251 e. The first-order chi connectivity index (χ1) is 14.0. The third kappa shape index (κ3) is 4.60. The molecule has 1 N–H and O–H groups in total. The molecule has 0 atom stereocenters. The summed E-state index contributed by atoms with van der Waals surface area (Å²) in [5.74, 6) is 1.41. The van der Waals surface area contributed by atoms with Crippen LogP contribution >= 0.6 is 11.6 Å². The molecule has 1 aliphatic heterocycles. The van der Waals surface area contributed by atoms with Crippen LogP contribution < -0.4 is 19.5 Å². The number of halogens is 1. The van der Waals surface area contributed by atoms with Crippen molar-refractivity contribution in [3.05, 3.63) is 52.5 Å². The first-order valence-electron chi connectivity index (χ1n) is 9.45. The molecule has 1 fully saturated rings. The maximum atomic E-state index is 12.9. The largest absolute Gasteiger partial charge is 0.497 e. The topological polar surface area (TPSA) is 66.0 Å². The van der Waals surface area contributed by atoms with Crippen molar-refractivity contribution in [2.24, 2.45) is 0 Å². The number of ether oxygens (including phenoxy) is 4. The van der Waals surface area contributed by atoms with Gasteiger partial charge in [-0.15, -0.1) is 0 Å². The average Bonchev–Trinajstić information content (AvgIpc) is 2.77. The smallest absolute Gasteiger partial charge is 0.251 e. The van der Waals surface area contributed by atoms with Crippen molar-refractivity contribution in [3.63, 3.8) is 0 Å². The quantitative estimate of drug-likeness (QED) is 0.738. The Hall–Kier alpha value is -2.44. The van der Waals surface area contributed by atoms with E-state index < -0.39 is 0 Å². The monoisotopic (exact) mass is 419 g/mol. The molecule has 1 saturated heterocycles. The van der Waals surface area contributed by atoms with E-state index >= 15 is 0 Å². The Kier molecular flexibility index (Phi) is 6.87. The summed E-state index contributed by atoms with van der Waals surface area (Å²) < 4.78 is 21.4. The number of benzene rings is 2. The molecule has 1 heterocycles. The summed E-state index contributed by atoms with van der Waals surface area (Å²) in [4.78, 5) is 12.9. The first kappa shape index (κ1) is 21.3. The van der Waals surface area contributed by atoms with E-state index in [2.05, 4.69) is 17.4 Å². The van der Waals surface area contributed by atoms with Gasteiger partial charge in [-0.1, -0.05) is 23.7 Å². The predicted octanol–water partition coefficient (Wildman–Crippen LogP) is 3.84. The lowest BCUT2D eigenvalue weighted by molar-refractivity contribution is 0.0487. The highest BCUT2D eigenvalue weighted by molar-refractivity contribution is 6.32. The molecule has 3 rings (SSSR count). The number of rotatable bonds is 7. The van der Waals surface area contributed by atoms with Crippen molar-refractivity contribution in [2.45, 2.75) is 18.3 Å². The molecule has 6 nitrogen and oxygen atoms in total. The average molecular weight is 420 g/mol. The zero-order valence-electron chi connectivity index (χ0n) is 16.9. The van der Waals surface area contributed by atoms with E-state index in [4.69, 9.17) is 30.5 Å². The molecule has 0 aliphatic carbocycles. The second-order valence-electron chi connectivity index (χ2n) is 7.00. The van der Waals surface area contributed by atoms with Crippen LogP contribution in [0.3, 0.4) is 0 Å². The van der Waals surface area contributed by atoms with Crippen LogP contribution in [0.15, 0.2) is 36.4 Å². The Labute approximate surface area is 176 Å². The number of carbonyl (C=O) groups excluding carboxylic acids is 1. The summed E-state index contributed by atoms with van der Waals surface area (Å²) in [6.07, 6.45) is 1.65. The van der Waals surface area contributed by atoms with E-state index in [-0.39, 0.29) is 11.3 Å². The fourth-order valence-corrected chi connectivity index (χ4v) is 3.96. The highest BCUT2D eigenvalue weighted by Gasteiger charge is 2.35. The van der Waals surface area contributed by atoms with Gasteiger partial charge in [0.25, 0.3) is 5.91 Å². The summed E-state index contributed by atoms with van der Waals surface area (Å²) in [7, 11) is 4.66. The van der Waals surface area contributed by atoms with Crippen LogP contribution in [-0.2, 0) is 10.2 Å². The van der Waals surface area contributed by atoms with Gasteiger partial charge in [0.05, 0.1) is 26.4 Å². The molecule has 156 valence electrons. The number of amides is 1. The Balaban J connectivity index is 1.81. The van der Waals surface area contributed by atoms with Gasteiger partial charge in [-0.2, -0.15) is 0 Å². The van der Waals surface area contributed by atoms with E-state index in [1.165, 1.54) is 14.2 Å². The fourth-order valence-electron chi connectivity index (χ4n) is 3.67. The summed E-state index contributed by atoms with van der Waals surface area (Å²) in [6.45, 7) is 1.81. The van der Waals surface area contributed by atoms with Gasteiger partial charge in [0.2, 0.25) is 0 Å². The molecule has 0 radical (unpaired) electrons. The van der Waals surface area contributed by atoms with E-state index in [0.29, 0.717) is 41.8 Å². The number of hydrogen-bond donors (Lipinski definition) is 1. The van der Waals surface area contributed by atoms with Crippen LogP contribution in [0.25, 0.3) is 0 Å². The molecule has 29 heavy (non-hydrogen) atoms. The second kappa shape index (κ2) is 9.37. The molecule has 0 unspecified atom stereocenters. The maximum absolute atomic E-state index is 12.9. The fraction of sp³-hybridized carbons (Fsp3) is 0.409. The van der Waals surface area contributed by atoms with Crippen LogP contribution in [0.4, 0.5) is 0 Å². The molecule has 7 heteroatoms. The molecule has 1 aliphatic rings. The van der Waals surface area contributed by atoms with Crippen molar-refractivity contribution in [1.82, 2.24) is 5.32 Å². The zero-order chi connectivity index (χ0) is 20.9. The normalized spacial score (nSPS) is 15.4. The van der Waals surface area contributed by atoms with Gasteiger partial charge in [0.15, 0.2) is 11.5 Å². The van der Waals surface area contributed by atoms with Gasteiger partial charge in [-0.05, 0) is 42.7 Å². The van der Waals surface area contributed by atoms with Crippen molar-refractivity contribution in [2.75, 3.05) is 41.1 Å². The van der Waals surface area contributed by atoms with Crippen molar-refractivity contribution < 1.29 is 23.7 Å². The lowest BCUT2D eigenvalue weighted by atomic mass is 9.74. The summed E-state index contributed by atoms with van der Waals surface area (Å²) in [5.41, 5.74) is 1.39. The summed E-state index contributed by atoms with van der Waals surface area (Å²) in [6, 6.07) is 11.2. The third-order valence-corrected chi connectivity index (χ3v) is 5.72. The van der Waals surface area contributed by atoms with Crippen LogP contribution in [-0.4, -0.2) is 47.0 Å². The van der Waals surface area contributed by atoms with Gasteiger partial charge in [0.1, 0.15) is 5.75 Å². The van der Waals surface area contributed by atoms with Crippen LogP contribution in [0.2, 0.25) is 5.02 Å². The van der Waals surface area contributed by atoms with Crippen LogP contribution in [0.1, 0.15) is 28.8 Å². The molecule has 2 aromatic rings. The van der Waals surface area contributed by atoms with E-state index in [9.17, 15) is 4.79 Å². The van der Waals surface area contributed by atoms with Crippen molar-refractivity contribution in [1.29, 1.82) is 0 Å². The van der Waals surface area contributed by atoms with Crippen LogP contribution in [0.5, 0.6) is 17.2 Å². The molecule has 2 aromatic carbocycles. The lowest BCUT2D eigenvalue weighted by Crippen LogP contribution is -2.44. The van der Waals surface area contributed by atoms with Gasteiger partial charge in [0, 0.05) is 30.7 Å². The molecule has 0 saturated carbocycles. The molecule has 0 spiro atoms. The standard InChI is InChI=1S/C22H26ClNO5/c1-26-17-6-4-16(5-7-17)22(8-10-29-11-9-22)14-24-21(25)15-12-18(23)20(28-3)19(13-15)27-2/h4-7,12-13H,8-11,14H2,1-3H3,(H,24,25). The van der Waals surface area contributed by atoms with Gasteiger partial charge in [-0.3, -0.25) is 4.79 Å². The highest BCUT2D eigenvalue weighted by atomic mass is 35.5. The number of methoxy groups -OCH3 is 3. The van der Waals surface area contributed by atoms with E-state index in [0.717, 1.165) is 24.2 Å². The van der Waals surface area contributed by atoms with E-state index in [1.807, 2.05) is 12.1 Å². The zero-order valence-corrected chi connectivity index (χ0v) is 17.7. The summed E-state index contributed by atoms with van der Waals surface area (Å²) in [5, 5.41) is 3.40. The highest BCUT2D eigenvalue weighted by Crippen LogP contribution is 2.37. The van der Waals surface area contributed by atoms with Crippen LogP contribution in [0, 0.1) is 0 Å². The lowest BCUT2D eigenvalue weighted by Gasteiger charge is -2.38. The molecule has 0 bridgehead atoms. The number of carbonyl (C=O) groups is 1. The number of nitrogens with one attached hydrogen (secondary N) is 1. The minimum Gasteiger partial charge on any atom is -0.497 e. The van der Waals surface area contributed by atoms with Gasteiger partial charge in [-0.25, -0.2) is 0 Å². The Morgan fingerprint density at radius 3 is 2.34 bits per heavy atom. The van der Waals surface area contributed by atoms with Gasteiger partial charge >= 0.3 is 0 Å².